The monoisotopic (exact) mass is 985 g/mol. The third-order valence-electron chi connectivity index (χ3n) is 10.9. The number of nitrogens with zero attached hydrogens (tertiary/aromatic N) is 4. The van der Waals surface area contributed by atoms with Crippen molar-refractivity contribution in [3.63, 3.8) is 0 Å². The molecule has 4 heterocycles. The second-order valence-corrected chi connectivity index (χ2v) is 22.0. The predicted molar refractivity (Wildman–Crippen MR) is 245 cm³/mol. The molecule has 0 N–H and O–H groups in total. The van der Waals surface area contributed by atoms with Crippen molar-refractivity contribution in [3.8, 4) is 39.5 Å². The second-order valence-electron chi connectivity index (χ2n) is 17.0. The summed E-state index contributed by atoms with van der Waals surface area (Å²) in [5.41, 5.74) is 14.3. The number of halogens is 1. The van der Waals surface area contributed by atoms with E-state index in [0.29, 0.717) is 17.5 Å². The molecule has 1 radical (unpaired) electrons. The van der Waals surface area contributed by atoms with Crippen LogP contribution in [0, 0.1) is 31.8 Å². The van der Waals surface area contributed by atoms with Crippen molar-refractivity contribution in [3.05, 3.63) is 162 Å². The smallest absolute Gasteiger partial charge is 0.216 e. The molecule has 0 aliphatic heterocycles. The molecule has 9 aromatic rings. The van der Waals surface area contributed by atoms with Gasteiger partial charge in [0.1, 0.15) is 0 Å². The summed E-state index contributed by atoms with van der Waals surface area (Å²) in [6, 6.07) is 44.6. The Bertz CT molecular complexity index is 2930. The Morgan fingerprint density at radius 3 is 2.08 bits per heavy atom. The second kappa shape index (κ2) is 17.2. The molecule has 0 aliphatic rings. The van der Waals surface area contributed by atoms with E-state index in [9.17, 15) is 4.39 Å². The normalized spacial score (nSPS) is 11.7. The summed E-state index contributed by atoms with van der Waals surface area (Å²) < 4.78 is 22.0. The fourth-order valence-electron chi connectivity index (χ4n) is 7.98. The Kier molecular flexibility index (Phi) is 12.2. The van der Waals surface area contributed by atoms with Crippen molar-refractivity contribution >= 4 is 46.4 Å². The van der Waals surface area contributed by atoms with Gasteiger partial charge >= 0.3 is 0 Å². The first-order chi connectivity index (χ1) is 28.3. The maximum atomic E-state index is 13.7. The van der Waals surface area contributed by atoms with E-state index in [1.807, 2.05) is 55.6 Å². The molecule has 4 aromatic heterocycles. The molecule has 5 nitrogen and oxygen atoms in total. The number of furan rings is 1. The molecule has 305 valence electrons. The fraction of sp³-hybridized carbons (Fsp3) is 0.212. The summed E-state index contributed by atoms with van der Waals surface area (Å²) in [6.07, 6.45) is 2.04. The van der Waals surface area contributed by atoms with Crippen molar-refractivity contribution in [1.82, 2.24) is 19.5 Å². The van der Waals surface area contributed by atoms with Gasteiger partial charge in [0.2, 0.25) is 5.71 Å². The van der Waals surface area contributed by atoms with Gasteiger partial charge in [-0.3, -0.25) is 9.37 Å². The molecule has 0 unspecified atom stereocenters. The number of benzene rings is 5. The molecular weight excluding hydrogens is 936 g/mol. The fourth-order valence-corrected chi connectivity index (χ4v) is 9.68. The van der Waals surface area contributed by atoms with Crippen LogP contribution < -0.4 is 5.19 Å². The van der Waals surface area contributed by atoms with Crippen LogP contribution in [0.25, 0.3) is 72.6 Å². The van der Waals surface area contributed by atoms with Crippen LogP contribution in [-0.4, -0.2) is 27.6 Å². The number of hydrogen-bond donors (Lipinski definition) is 0. The predicted octanol–water partition coefficient (Wildman–Crippen LogP) is 13.5. The van der Waals surface area contributed by atoms with Gasteiger partial charge in [-0.05, 0) is 95.2 Å². The molecular formula is C52H49FIrN4OSi-2. The molecule has 0 spiro atoms. The molecule has 60 heavy (non-hydrogen) atoms. The Balaban J connectivity index is 0.000000187. The third kappa shape index (κ3) is 8.29. The summed E-state index contributed by atoms with van der Waals surface area (Å²) in [7, 11) is -1.39. The van der Waals surface area contributed by atoms with Gasteiger partial charge in [0.15, 0.2) is 0 Å². The van der Waals surface area contributed by atoms with Crippen LogP contribution in [0.15, 0.2) is 126 Å². The van der Waals surface area contributed by atoms with Crippen molar-refractivity contribution in [2.24, 2.45) is 0 Å². The van der Waals surface area contributed by atoms with Gasteiger partial charge in [0.05, 0.1) is 30.5 Å². The van der Waals surface area contributed by atoms with Gasteiger partial charge in [-0.1, -0.05) is 112 Å². The van der Waals surface area contributed by atoms with Crippen LogP contribution in [0.4, 0.5) is 4.39 Å². The quantitative estimate of drug-likeness (QED) is 0.118. The van der Waals surface area contributed by atoms with Crippen LogP contribution >= 0.6 is 0 Å². The number of fused-ring (bicyclic) bond motifs is 4. The van der Waals surface area contributed by atoms with Gasteiger partial charge in [-0.15, -0.1) is 48.0 Å². The third-order valence-corrected chi connectivity index (χ3v) is 13.1. The number of aryl methyl sites for hydroxylation is 2. The molecule has 5 aromatic carbocycles. The van der Waals surface area contributed by atoms with Gasteiger partial charge in [-0.2, -0.15) is 0 Å². The molecule has 0 atom stereocenters. The molecule has 0 aliphatic carbocycles. The van der Waals surface area contributed by atoms with Gasteiger partial charge in [0.25, 0.3) is 0 Å². The summed E-state index contributed by atoms with van der Waals surface area (Å²) in [5, 5.41) is 3.49. The summed E-state index contributed by atoms with van der Waals surface area (Å²) in [4.78, 5) is 14.2. The summed E-state index contributed by atoms with van der Waals surface area (Å²) in [6.45, 7) is 20.1. The van der Waals surface area contributed by atoms with Gasteiger partial charge in [-0.25, -0.2) is 4.98 Å². The number of aromatic nitrogens is 4. The molecule has 0 bridgehead atoms. The number of hydrogen-bond acceptors (Lipinski definition) is 4. The first kappa shape index (κ1) is 42.6. The minimum Gasteiger partial charge on any atom is -0.486 e. The van der Waals surface area contributed by atoms with E-state index in [1.165, 1.54) is 45.1 Å². The van der Waals surface area contributed by atoms with Crippen LogP contribution in [0.2, 0.25) is 19.6 Å². The standard InChI is InChI=1S/C31H28FN2.C21H21N2OSi.Ir/c1-20(2)26-18-24(22-10-6-5-7-11-22)19-27(21(3)4)30(26)34-29-13-9-8-12-28(29)33-31(34)23-14-16-25(32)17-15-23;1-13-11-18(22-12-19(13)25(3,4)5)17-8-6-7-15-16-10-9-14(2)23-21(16)24-20(15)17;/h5-14,16-21H,1-4H3;6-7,9-12H,1-5H3;/q2*-1;. The number of rotatable bonds is 7. The zero-order chi connectivity index (χ0) is 41.6. The number of imidazole rings is 1. The largest absolute Gasteiger partial charge is 0.486 e. The van der Waals surface area contributed by atoms with E-state index < -0.39 is 8.07 Å². The van der Waals surface area contributed by atoms with E-state index in [1.54, 1.807) is 6.07 Å². The van der Waals surface area contributed by atoms with Crippen LogP contribution in [0.5, 0.6) is 0 Å². The SMILES string of the molecule is CC(C)c1cc(-c2ccccc2)cc(C(C)C)c1-n1c(-c2[c-]cc(F)cc2)nc2ccccc21.Cc1ccc2c(n1)oc1c(-c3cc(C)c([Si](C)(C)C)cn3)[c-]ccc12.[Ir]. The number of para-hydroxylation sites is 2. The zero-order valence-electron chi connectivity index (χ0n) is 35.6. The molecule has 8 heteroatoms. The zero-order valence-corrected chi connectivity index (χ0v) is 39.0. The van der Waals surface area contributed by atoms with E-state index in [4.69, 9.17) is 14.4 Å². The Morgan fingerprint density at radius 1 is 0.733 bits per heavy atom. The minimum absolute atomic E-state index is 0. The molecule has 9 rings (SSSR count). The van der Waals surface area contributed by atoms with Crippen molar-refractivity contribution in [2.45, 2.75) is 73.0 Å². The Labute approximate surface area is 367 Å². The first-order valence-electron chi connectivity index (χ1n) is 20.3. The van der Waals surface area contributed by atoms with Crippen LogP contribution in [0.1, 0.15) is 61.9 Å². The van der Waals surface area contributed by atoms with E-state index >= 15 is 0 Å². The Hall–Kier alpha value is -5.53. The first-order valence-corrected chi connectivity index (χ1v) is 23.8. The molecule has 0 amide bonds. The van der Waals surface area contributed by atoms with Crippen molar-refractivity contribution in [2.75, 3.05) is 0 Å². The maximum absolute atomic E-state index is 13.7. The van der Waals surface area contributed by atoms with Crippen LogP contribution in [0.3, 0.4) is 0 Å². The van der Waals surface area contributed by atoms with E-state index in [0.717, 1.165) is 61.4 Å². The van der Waals surface area contributed by atoms with Crippen molar-refractivity contribution < 1.29 is 28.9 Å². The Morgan fingerprint density at radius 2 is 1.43 bits per heavy atom. The minimum atomic E-state index is -1.39. The average molecular weight is 985 g/mol. The van der Waals surface area contributed by atoms with Gasteiger partial charge < -0.3 is 14.0 Å². The summed E-state index contributed by atoms with van der Waals surface area (Å²) >= 11 is 0. The topological polar surface area (TPSA) is 56.7 Å². The molecule has 0 saturated heterocycles. The van der Waals surface area contributed by atoms with E-state index in [-0.39, 0.29) is 25.9 Å². The average Bonchev–Trinajstić information content (AvgIpc) is 3.79. The van der Waals surface area contributed by atoms with Crippen LogP contribution in [-0.2, 0) is 20.1 Å². The van der Waals surface area contributed by atoms with Crippen molar-refractivity contribution in [1.29, 1.82) is 0 Å². The number of pyridine rings is 2. The molecule has 0 fully saturated rings. The maximum Gasteiger partial charge on any atom is 0.216 e. The van der Waals surface area contributed by atoms with E-state index in [2.05, 4.69) is 131 Å². The summed E-state index contributed by atoms with van der Waals surface area (Å²) in [5.74, 6) is 1.06. The van der Waals surface area contributed by atoms with Gasteiger partial charge in [0, 0.05) is 48.9 Å². The molecule has 0 saturated carbocycles.